The minimum absolute atomic E-state index is 0.0534. The molecule has 0 aliphatic heterocycles. The Kier molecular flexibility index (Phi) is 4.01. The average molecular weight is 303 g/mol. The van der Waals surface area contributed by atoms with Gasteiger partial charge in [-0.25, -0.2) is 9.97 Å². The highest BCUT2D eigenvalue weighted by molar-refractivity contribution is 6.38. The van der Waals surface area contributed by atoms with Crippen molar-refractivity contribution in [3.05, 3.63) is 39.6 Å². The molecule has 2 rings (SSSR count). The van der Waals surface area contributed by atoms with Crippen molar-refractivity contribution in [2.45, 2.75) is 0 Å². The Hall–Kier alpha value is -1.36. The van der Waals surface area contributed by atoms with Gasteiger partial charge >= 0.3 is 0 Å². The molecule has 0 aliphatic carbocycles. The number of halogens is 3. The van der Waals surface area contributed by atoms with E-state index in [9.17, 15) is 4.79 Å². The molecule has 1 heterocycles. The third-order valence-electron chi connectivity index (χ3n) is 2.14. The van der Waals surface area contributed by atoms with Crippen LogP contribution < -0.4 is 5.32 Å². The standard InChI is InChI=1S/C11H6Cl3N3O/c12-7-3-1-6(2-4-7)8-9(13)16-11(15-5-18)17-10(8)14/h1-5H,(H,15,16,17,18). The van der Waals surface area contributed by atoms with Crippen molar-refractivity contribution in [1.29, 1.82) is 0 Å². The van der Waals surface area contributed by atoms with Crippen molar-refractivity contribution in [1.82, 2.24) is 9.97 Å². The summed E-state index contributed by atoms with van der Waals surface area (Å²) in [4.78, 5) is 18.1. The van der Waals surface area contributed by atoms with Gasteiger partial charge in [0.1, 0.15) is 10.3 Å². The summed E-state index contributed by atoms with van der Waals surface area (Å²) in [5, 5.41) is 3.20. The largest absolute Gasteiger partial charge is 0.297 e. The number of hydrogen-bond acceptors (Lipinski definition) is 3. The van der Waals surface area contributed by atoms with Crippen LogP contribution in [0.15, 0.2) is 24.3 Å². The lowest BCUT2D eigenvalue weighted by Crippen LogP contribution is -2.01. The van der Waals surface area contributed by atoms with Crippen molar-refractivity contribution >= 4 is 47.2 Å². The molecule has 4 nitrogen and oxygen atoms in total. The summed E-state index contributed by atoms with van der Waals surface area (Å²) in [6.07, 6.45) is 0.448. The fourth-order valence-electron chi connectivity index (χ4n) is 1.38. The van der Waals surface area contributed by atoms with Crippen LogP contribution in [-0.4, -0.2) is 16.4 Å². The predicted molar refractivity (Wildman–Crippen MR) is 72.2 cm³/mol. The molecule has 0 atom stereocenters. The molecule has 18 heavy (non-hydrogen) atoms. The molecule has 0 saturated carbocycles. The second-order valence-corrected chi connectivity index (χ2v) is 4.43. The number of nitrogens with one attached hydrogen (secondary N) is 1. The number of amides is 1. The van der Waals surface area contributed by atoms with Crippen LogP contribution in [0.1, 0.15) is 0 Å². The van der Waals surface area contributed by atoms with Crippen LogP contribution in [0.4, 0.5) is 5.95 Å². The molecular formula is C11H6Cl3N3O. The summed E-state index contributed by atoms with van der Waals surface area (Å²) >= 11 is 17.8. The van der Waals surface area contributed by atoms with Crippen LogP contribution in [0.25, 0.3) is 11.1 Å². The quantitative estimate of drug-likeness (QED) is 0.695. The first-order valence-corrected chi connectivity index (χ1v) is 5.94. The predicted octanol–water partition coefficient (Wildman–Crippen LogP) is 3.67. The highest BCUT2D eigenvalue weighted by Crippen LogP contribution is 2.33. The Morgan fingerprint density at radius 2 is 1.56 bits per heavy atom. The average Bonchev–Trinajstić information content (AvgIpc) is 2.31. The molecule has 1 N–H and O–H groups in total. The Bertz CT molecular complexity index is 564. The number of carbonyl (C=O) groups excluding carboxylic acids is 1. The van der Waals surface area contributed by atoms with Crippen molar-refractivity contribution in [2.24, 2.45) is 0 Å². The summed E-state index contributed by atoms with van der Waals surface area (Å²) < 4.78 is 0. The topological polar surface area (TPSA) is 54.9 Å². The van der Waals surface area contributed by atoms with E-state index in [4.69, 9.17) is 34.8 Å². The SMILES string of the molecule is O=CNc1nc(Cl)c(-c2ccc(Cl)cc2)c(Cl)n1. The van der Waals surface area contributed by atoms with E-state index in [1.165, 1.54) is 0 Å². The van der Waals surface area contributed by atoms with Crippen LogP contribution >= 0.6 is 34.8 Å². The zero-order valence-electron chi connectivity index (χ0n) is 8.82. The lowest BCUT2D eigenvalue weighted by molar-refractivity contribution is -0.105. The van der Waals surface area contributed by atoms with Gasteiger partial charge in [-0.1, -0.05) is 46.9 Å². The lowest BCUT2D eigenvalue weighted by atomic mass is 10.1. The highest BCUT2D eigenvalue weighted by Gasteiger charge is 2.13. The maximum atomic E-state index is 10.3. The second-order valence-electron chi connectivity index (χ2n) is 3.27. The Balaban J connectivity index is 2.51. The fourth-order valence-corrected chi connectivity index (χ4v) is 2.11. The van der Waals surface area contributed by atoms with E-state index in [-0.39, 0.29) is 16.3 Å². The first kappa shape index (κ1) is 13.1. The van der Waals surface area contributed by atoms with E-state index >= 15 is 0 Å². The van der Waals surface area contributed by atoms with Crippen molar-refractivity contribution < 1.29 is 4.79 Å². The van der Waals surface area contributed by atoms with Gasteiger partial charge in [0.05, 0.1) is 5.56 Å². The number of benzene rings is 1. The molecule has 0 radical (unpaired) electrons. The summed E-state index contributed by atoms with van der Waals surface area (Å²) in [6, 6.07) is 6.93. The van der Waals surface area contributed by atoms with Gasteiger partial charge in [0.15, 0.2) is 0 Å². The second kappa shape index (κ2) is 5.52. The number of rotatable bonds is 3. The number of hydrogen-bond donors (Lipinski definition) is 1. The van der Waals surface area contributed by atoms with E-state index in [0.717, 1.165) is 5.56 Å². The fraction of sp³-hybridized carbons (Fsp3) is 0. The number of aromatic nitrogens is 2. The van der Waals surface area contributed by atoms with Crippen LogP contribution in [0.5, 0.6) is 0 Å². The summed E-state index contributed by atoms with van der Waals surface area (Å²) in [5.41, 5.74) is 1.23. The highest BCUT2D eigenvalue weighted by atomic mass is 35.5. The van der Waals surface area contributed by atoms with Gasteiger partial charge in [0.25, 0.3) is 0 Å². The molecule has 0 bridgehead atoms. The van der Waals surface area contributed by atoms with E-state index < -0.39 is 0 Å². The number of nitrogens with zero attached hydrogens (tertiary/aromatic N) is 2. The molecule has 7 heteroatoms. The van der Waals surface area contributed by atoms with Crippen LogP contribution in [0.3, 0.4) is 0 Å². The van der Waals surface area contributed by atoms with Gasteiger partial charge in [-0.05, 0) is 17.7 Å². The summed E-state index contributed by atoms with van der Waals surface area (Å²) in [6.45, 7) is 0. The maximum absolute atomic E-state index is 10.3. The zero-order valence-corrected chi connectivity index (χ0v) is 11.1. The Morgan fingerprint density at radius 3 is 2.06 bits per heavy atom. The van der Waals surface area contributed by atoms with Crippen LogP contribution in [0, 0.1) is 0 Å². The molecule has 2 aromatic rings. The molecular weight excluding hydrogens is 296 g/mol. The molecule has 0 spiro atoms. The third kappa shape index (κ3) is 2.72. The van der Waals surface area contributed by atoms with Gasteiger partial charge in [0.2, 0.25) is 12.4 Å². The normalized spacial score (nSPS) is 10.2. The molecule has 1 aromatic heterocycles. The summed E-state index contributed by atoms with van der Waals surface area (Å²) in [7, 11) is 0. The molecule has 0 fully saturated rings. The maximum Gasteiger partial charge on any atom is 0.232 e. The first-order valence-electron chi connectivity index (χ1n) is 4.81. The van der Waals surface area contributed by atoms with E-state index in [0.29, 0.717) is 17.0 Å². The van der Waals surface area contributed by atoms with Crippen LogP contribution in [-0.2, 0) is 4.79 Å². The minimum atomic E-state index is 0.0534. The van der Waals surface area contributed by atoms with Crippen molar-refractivity contribution in [2.75, 3.05) is 5.32 Å². The molecule has 1 amide bonds. The van der Waals surface area contributed by atoms with E-state index in [1.807, 2.05) is 0 Å². The molecule has 0 unspecified atom stereocenters. The number of anilines is 1. The molecule has 92 valence electrons. The third-order valence-corrected chi connectivity index (χ3v) is 2.94. The van der Waals surface area contributed by atoms with Crippen LogP contribution in [0.2, 0.25) is 15.3 Å². The minimum Gasteiger partial charge on any atom is -0.297 e. The first-order chi connectivity index (χ1) is 8.61. The molecule has 0 saturated heterocycles. The monoisotopic (exact) mass is 301 g/mol. The van der Waals surface area contributed by atoms with Gasteiger partial charge < -0.3 is 0 Å². The van der Waals surface area contributed by atoms with E-state index in [1.54, 1.807) is 24.3 Å². The summed E-state index contributed by atoms with van der Waals surface area (Å²) in [5.74, 6) is 0.0534. The zero-order chi connectivity index (χ0) is 13.1. The lowest BCUT2D eigenvalue weighted by Gasteiger charge is -2.07. The number of carbonyl (C=O) groups is 1. The van der Waals surface area contributed by atoms with Gasteiger partial charge in [-0.3, -0.25) is 10.1 Å². The Labute approximate surface area is 118 Å². The smallest absolute Gasteiger partial charge is 0.232 e. The van der Waals surface area contributed by atoms with Gasteiger partial charge in [0, 0.05) is 5.02 Å². The Morgan fingerprint density at radius 1 is 1.00 bits per heavy atom. The van der Waals surface area contributed by atoms with Crippen molar-refractivity contribution in [3.63, 3.8) is 0 Å². The van der Waals surface area contributed by atoms with Gasteiger partial charge in [-0.15, -0.1) is 0 Å². The van der Waals surface area contributed by atoms with E-state index in [2.05, 4.69) is 15.3 Å². The molecule has 1 aromatic carbocycles. The van der Waals surface area contributed by atoms with Crippen molar-refractivity contribution in [3.8, 4) is 11.1 Å². The molecule has 0 aliphatic rings. The van der Waals surface area contributed by atoms with Gasteiger partial charge in [-0.2, -0.15) is 0 Å².